The smallest absolute Gasteiger partial charge is 0.330 e. The lowest BCUT2D eigenvalue weighted by Crippen LogP contribution is -2.33. The molecule has 0 aromatic heterocycles. The summed E-state index contributed by atoms with van der Waals surface area (Å²) >= 11 is 0. The largest absolute Gasteiger partial charge is 0.392 e. The predicted octanol–water partition coefficient (Wildman–Crippen LogP) is 0.313. The van der Waals surface area contributed by atoms with Crippen molar-refractivity contribution in [2.45, 2.75) is 45.1 Å². The van der Waals surface area contributed by atoms with Gasteiger partial charge in [-0.2, -0.15) is 0 Å². The van der Waals surface area contributed by atoms with E-state index in [2.05, 4.69) is 4.74 Å². The highest BCUT2D eigenvalue weighted by Gasteiger charge is 2.17. The molecule has 5 heteroatoms. The van der Waals surface area contributed by atoms with Crippen LogP contribution in [0.5, 0.6) is 0 Å². The Hall–Kier alpha value is -0.940. The monoisotopic (exact) mass is 216 g/mol. The van der Waals surface area contributed by atoms with Gasteiger partial charge in [0.15, 0.2) is 0 Å². The lowest BCUT2D eigenvalue weighted by Gasteiger charge is -2.09. The average Bonchev–Trinajstić information content (AvgIpc) is 2.18. The predicted molar refractivity (Wildman–Crippen MR) is 56.9 cm³/mol. The average molecular weight is 216 g/mol. The van der Waals surface area contributed by atoms with Gasteiger partial charge in [0.1, 0.15) is 6.04 Å². The van der Waals surface area contributed by atoms with Gasteiger partial charge in [0.05, 0.1) is 0 Å². The summed E-state index contributed by atoms with van der Waals surface area (Å²) in [5.41, 5.74) is 10.8. The van der Waals surface area contributed by atoms with Crippen molar-refractivity contribution in [1.82, 2.24) is 0 Å². The second-order valence-electron chi connectivity index (χ2n) is 3.43. The van der Waals surface area contributed by atoms with Crippen LogP contribution in [0.15, 0.2) is 0 Å². The van der Waals surface area contributed by atoms with Gasteiger partial charge in [-0.15, -0.1) is 0 Å². The molecule has 0 rings (SSSR count). The number of rotatable bonds is 7. The number of carbonyl (C=O) groups excluding carboxylic acids is 2. The molecule has 1 unspecified atom stereocenters. The minimum atomic E-state index is -0.711. The number of ether oxygens (including phenoxy) is 1. The molecule has 0 heterocycles. The molecule has 0 aromatic carbocycles. The van der Waals surface area contributed by atoms with Gasteiger partial charge in [0.2, 0.25) is 0 Å². The van der Waals surface area contributed by atoms with Crippen molar-refractivity contribution in [3.05, 3.63) is 0 Å². The van der Waals surface area contributed by atoms with Crippen molar-refractivity contribution in [1.29, 1.82) is 0 Å². The molecule has 0 aliphatic carbocycles. The zero-order chi connectivity index (χ0) is 11.7. The molecular formula is C10H20N2O3. The second-order valence-corrected chi connectivity index (χ2v) is 3.43. The quantitative estimate of drug-likeness (QED) is 0.363. The van der Waals surface area contributed by atoms with Crippen LogP contribution >= 0.6 is 0 Å². The van der Waals surface area contributed by atoms with Crippen LogP contribution in [0.4, 0.5) is 0 Å². The van der Waals surface area contributed by atoms with Crippen LogP contribution in [0.2, 0.25) is 0 Å². The summed E-state index contributed by atoms with van der Waals surface area (Å²) in [5, 5.41) is 0. The van der Waals surface area contributed by atoms with Crippen molar-refractivity contribution < 1.29 is 14.3 Å². The molecule has 0 aliphatic heterocycles. The molecule has 15 heavy (non-hydrogen) atoms. The molecule has 0 aliphatic rings. The van der Waals surface area contributed by atoms with E-state index in [0.29, 0.717) is 19.4 Å². The topological polar surface area (TPSA) is 95.4 Å². The number of hydrogen-bond donors (Lipinski definition) is 2. The van der Waals surface area contributed by atoms with E-state index in [1.165, 1.54) is 0 Å². The van der Waals surface area contributed by atoms with Crippen molar-refractivity contribution in [2.24, 2.45) is 11.5 Å². The minimum absolute atomic E-state index is 0.251. The van der Waals surface area contributed by atoms with Crippen LogP contribution in [0.3, 0.4) is 0 Å². The lowest BCUT2D eigenvalue weighted by atomic mass is 10.1. The molecule has 88 valence electrons. The second kappa shape index (κ2) is 8.38. The van der Waals surface area contributed by atoms with Crippen LogP contribution < -0.4 is 11.5 Å². The molecule has 0 saturated carbocycles. The highest BCUT2D eigenvalue weighted by Crippen LogP contribution is 2.01. The minimum Gasteiger partial charge on any atom is -0.392 e. The zero-order valence-electron chi connectivity index (χ0n) is 9.20. The van der Waals surface area contributed by atoms with E-state index in [9.17, 15) is 9.59 Å². The Bertz CT molecular complexity index is 207. The van der Waals surface area contributed by atoms with Gasteiger partial charge < -0.3 is 16.2 Å². The Morgan fingerprint density at radius 1 is 1.33 bits per heavy atom. The highest BCUT2D eigenvalue weighted by atomic mass is 16.6. The van der Waals surface area contributed by atoms with E-state index < -0.39 is 18.0 Å². The number of hydrogen-bond acceptors (Lipinski definition) is 5. The Morgan fingerprint density at radius 2 is 2.00 bits per heavy atom. The van der Waals surface area contributed by atoms with E-state index in [-0.39, 0.29) is 6.42 Å². The van der Waals surface area contributed by atoms with Crippen molar-refractivity contribution in [3.8, 4) is 0 Å². The molecule has 0 radical (unpaired) electrons. The summed E-state index contributed by atoms with van der Waals surface area (Å²) in [5.74, 6) is -1.14. The summed E-state index contributed by atoms with van der Waals surface area (Å²) < 4.78 is 4.55. The standard InChI is InChI=1S/C10H20N2O3/c1-2-5-9(13)15-10(14)8(12)6-3-4-7-11/h8H,2-7,11-12H2,1H3. The molecule has 4 N–H and O–H groups in total. The van der Waals surface area contributed by atoms with Crippen molar-refractivity contribution >= 4 is 11.9 Å². The molecule has 0 saturated heterocycles. The fourth-order valence-corrected chi connectivity index (χ4v) is 1.07. The fraction of sp³-hybridized carbons (Fsp3) is 0.800. The van der Waals surface area contributed by atoms with E-state index in [1.807, 2.05) is 6.92 Å². The van der Waals surface area contributed by atoms with Crippen LogP contribution in [-0.2, 0) is 14.3 Å². The maximum absolute atomic E-state index is 11.2. The van der Waals surface area contributed by atoms with Gasteiger partial charge in [-0.3, -0.25) is 4.79 Å². The first-order chi connectivity index (χ1) is 7.11. The molecule has 0 spiro atoms. The van der Waals surface area contributed by atoms with Crippen LogP contribution in [0.25, 0.3) is 0 Å². The molecule has 0 fully saturated rings. The van der Waals surface area contributed by atoms with Gasteiger partial charge in [-0.1, -0.05) is 13.3 Å². The Balaban J connectivity index is 3.73. The summed E-state index contributed by atoms with van der Waals surface area (Å²) in [6.45, 7) is 2.42. The van der Waals surface area contributed by atoms with E-state index in [0.717, 1.165) is 12.8 Å². The summed E-state index contributed by atoms with van der Waals surface area (Å²) in [4.78, 5) is 22.2. The first-order valence-corrected chi connectivity index (χ1v) is 5.32. The first-order valence-electron chi connectivity index (χ1n) is 5.32. The molecule has 1 atom stereocenters. The third-order valence-electron chi connectivity index (χ3n) is 1.94. The maximum atomic E-state index is 11.2. The van der Waals surface area contributed by atoms with E-state index in [4.69, 9.17) is 11.5 Å². The normalized spacial score (nSPS) is 12.2. The Kier molecular flexibility index (Phi) is 7.85. The lowest BCUT2D eigenvalue weighted by molar-refractivity contribution is -0.160. The van der Waals surface area contributed by atoms with Crippen LogP contribution in [0, 0.1) is 0 Å². The molecule has 5 nitrogen and oxygen atoms in total. The SMILES string of the molecule is CCCC(=O)OC(=O)C(N)CCCCN. The molecule has 0 aromatic rings. The highest BCUT2D eigenvalue weighted by molar-refractivity contribution is 5.88. The number of esters is 2. The van der Waals surface area contributed by atoms with Gasteiger partial charge in [0.25, 0.3) is 0 Å². The molecular weight excluding hydrogens is 196 g/mol. The zero-order valence-corrected chi connectivity index (χ0v) is 9.20. The summed E-state index contributed by atoms with van der Waals surface area (Å²) in [6, 6.07) is -0.711. The van der Waals surface area contributed by atoms with Gasteiger partial charge in [0, 0.05) is 6.42 Å². The fourth-order valence-electron chi connectivity index (χ4n) is 1.07. The van der Waals surface area contributed by atoms with Gasteiger partial charge in [-0.25, -0.2) is 4.79 Å². The molecule has 0 amide bonds. The van der Waals surface area contributed by atoms with Crippen LogP contribution in [0.1, 0.15) is 39.0 Å². The number of nitrogens with two attached hydrogens (primary N) is 2. The Morgan fingerprint density at radius 3 is 2.53 bits per heavy atom. The Labute approximate surface area is 90.1 Å². The third-order valence-corrected chi connectivity index (χ3v) is 1.94. The third kappa shape index (κ3) is 7.04. The number of unbranched alkanes of at least 4 members (excludes halogenated alkanes) is 1. The summed E-state index contributed by atoms with van der Waals surface area (Å²) in [7, 11) is 0. The van der Waals surface area contributed by atoms with Crippen LogP contribution in [-0.4, -0.2) is 24.5 Å². The maximum Gasteiger partial charge on any atom is 0.330 e. The number of carbonyl (C=O) groups is 2. The van der Waals surface area contributed by atoms with E-state index >= 15 is 0 Å². The van der Waals surface area contributed by atoms with Crippen molar-refractivity contribution in [2.75, 3.05) is 6.54 Å². The van der Waals surface area contributed by atoms with Gasteiger partial charge in [-0.05, 0) is 25.8 Å². The van der Waals surface area contributed by atoms with E-state index in [1.54, 1.807) is 0 Å². The summed E-state index contributed by atoms with van der Waals surface area (Å²) in [6.07, 6.45) is 3.02. The molecule has 0 bridgehead atoms. The first kappa shape index (κ1) is 14.1. The van der Waals surface area contributed by atoms with Gasteiger partial charge >= 0.3 is 11.9 Å². The van der Waals surface area contributed by atoms with Crippen molar-refractivity contribution in [3.63, 3.8) is 0 Å².